The summed E-state index contributed by atoms with van der Waals surface area (Å²) in [5.41, 5.74) is 13.3. The van der Waals surface area contributed by atoms with E-state index in [-0.39, 0.29) is 0 Å². The summed E-state index contributed by atoms with van der Waals surface area (Å²) in [6.45, 7) is 0. The standard InChI is InChI=1S/C60H37NO2/c1-2-13-39(14-3-1)48-34-33-47(57-51-20-8-10-23-55(51)62-59(48)57)41-27-30-43(31-28-41)61(44-32-29-42-26-25-40-16-5-7-19-46(40)53(42)37-44)54-36-35-50(49-22-12-17-38-15-4-6-18-45(38)49)60-58(54)52-21-9-11-24-56(52)63-60/h1-37H. The van der Waals surface area contributed by atoms with E-state index in [9.17, 15) is 0 Å². The molecule has 13 rings (SSSR count). The Morgan fingerprint density at radius 3 is 1.57 bits per heavy atom. The van der Waals surface area contributed by atoms with Crippen LogP contribution in [0.5, 0.6) is 0 Å². The Kier molecular flexibility index (Phi) is 7.91. The summed E-state index contributed by atoms with van der Waals surface area (Å²) in [4.78, 5) is 2.41. The fourth-order valence-electron chi connectivity index (χ4n) is 9.93. The summed E-state index contributed by atoms with van der Waals surface area (Å²) in [6, 6.07) is 80.4. The molecule has 2 aromatic heterocycles. The summed E-state index contributed by atoms with van der Waals surface area (Å²) < 4.78 is 13.6. The smallest absolute Gasteiger partial charge is 0.145 e. The van der Waals surface area contributed by atoms with E-state index in [2.05, 4.69) is 223 Å². The van der Waals surface area contributed by atoms with E-state index in [0.29, 0.717) is 0 Å². The van der Waals surface area contributed by atoms with Crippen molar-refractivity contribution in [1.82, 2.24) is 0 Å². The van der Waals surface area contributed by atoms with Gasteiger partial charge in [0.1, 0.15) is 22.3 Å². The lowest BCUT2D eigenvalue weighted by molar-refractivity contribution is 0.669. The Labute approximate surface area is 363 Å². The molecule has 0 aliphatic rings. The SMILES string of the molecule is c1ccc(-c2ccc(-c3ccc(N(c4ccc5ccc6ccccc6c5c4)c4ccc(-c5cccc6ccccc56)c5oc6ccccc6c45)cc3)c3c2oc2ccccc23)cc1. The molecule has 0 spiro atoms. The largest absolute Gasteiger partial charge is 0.455 e. The maximum atomic E-state index is 6.93. The van der Waals surface area contributed by atoms with Crippen molar-refractivity contribution in [2.24, 2.45) is 0 Å². The van der Waals surface area contributed by atoms with Crippen molar-refractivity contribution in [3.8, 4) is 33.4 Å². The summed E-state index contributed by atoms with van der Waals surface area (Å²) >= 11 is 0. The number of para-hydroxylation sites is 2. The van der Waals surface area contributed by atoms with Gasteiger partial charge in [-0.05, 0) is 109 Å². The van der Waals surface area contributed by atoms with E-state index in [4.69, 9.17) is 8.83 Å². The van der Waals surface area contributed by atoms with Gasteiger partial charge in [-0.15, -0.1) is 0 Å². The van der Waals surface area contributed by atoms with Crippen LogP contribution >= 0.6 is 0 Å². The van der Waals surface area contributed by atoms with Crippen molar-refractivity contribution in [2.75, 3.05) is 4.90 Å². The molecule has 2 heterocycles. The molecular weight excluding hydrogens is 767 g/mol. The van der Waals surface area contributed by atoms with Gasteiger partial charge in [0, 0.05) is 38.7 Å². The van der Waals surface area contributed by atoms with Crippen molar-refractivity contribution >= 4 is 93.3 Å². The molecule has 0 N–H and O–H groups in total. The van der Waals surface area contributed by atoms with Crippen LogP contribution in [0.1, 0.15) is 0 Å². The topological polar surface area (TPSA) is 29.5 Å². The zero-order valence-electron chi connectivity index (χ0n) is 34.1. The van der Waals surface area contributed by atoms with Crippen molar-refractivity contribution in [1.29, 1.82) is 0 Å². The molecular formula is C60H37NO2. The van der Waals surface area contributed by atoms with Crippen LogP contribution in [0.4, 0.5) is 17.1 Å². The van der Waals surface area contributed by atoms with E-state index in [1.54, 1.807) is 0 Å². The molecule has 0 aliphatic heterocycles. The quantitative estimate of drug-likeness (QED) is 0.157. The zero-order chi connectivity index (χ0) is 41.4. The maximum absolute atomic E-state index is 6.93. The lowest BCUT2D eigenvalue weighted by Crippen LogP contribution is -2.10. The predicted molar refractivity (Wildman–Crippen MR) is 265 cm³/mol. The molecule has 294 valence electrons. The number of furan rings is 2. The maximum Gasteiger partial charge on any atom is 0.145 e. The summed E-state index contributed by atoms with van der Waals surface area (Å²) in [5.74, 6) is 0. The van der Waals surface area contributed by atoms with E-state index in [1.807, 2.05) is 6.07 Å². The Balaban J connectivity index is 1.05. The Morgan fingerprint density at radius 2 is 0.810 bits per heavy atom. The van der Waals surface area contributed by atoms with Gasteiger partial charge in [0.2, 0.25) is 0 Å². The summed E-state index contributed by atoms with van der Waals surface area (Å²) in [6.07, 6.45) is 0. The van der Waals surface area contributed by atoms with Crippen LogP contribution in [0, 0.1) is 0 Å². The van der Waals surface area contributed by atoms with Crippen LogP contribution in [0.25, 0.3) is 110 Å². The van der Waals surface area contributed by atoms with Crippen molar-refractivity contribution in [2.45, 2.75) is 0 Å². The first-order valence-electron chi connectivity index (χ1n) is 21.5. The lowest BCUT2D eigenvalue weighted by Gasteiger charge is -2.27. The third kappa shape index (κ3) is 5.60. The third-order valence-corrected chi connectivity index (χ3v) is 12.9. The van der Waals surface area contributed by atoms with E-state index < -0.39 is 0 Å². The molecule has 0 atom stereocenters. The van der Waals surface area contributed by atoms with Gasteiger partial charge in [0.05, 0.1) is 11.1 Å². The van der Waals surface area contributed by atoms with Gasteiger partial charge in [-0.1, -0.05) is 170 Å². The molecule has 0 fully saturated rings. The molecule has 3 heteroatoms. The van der Waals surface area contributed by atoms with Gasteiger partial charge in [-0.2, -0.15) is 0 Å². The Bertz CT molecular complexity index is 3910. The first-order valence-corrected chi connectivity index (χ1v) is 21.5. The highest BCUT2D eigenvalue weighted by atomic mass is 16.3. The normalized spacial score (nSPS) is 11.8. The second kappa shape index (κ2) is 14.1. The van der Waals surface area contributed by atoms with E-state index in [1.165, 1.54) is 32.3 Å². The highest BCUT2D eigenvalue weighted by Gasteiger charge is 2.24. The van der Waals surface area contributed by atoms with Crippen LogP contribution in [0.15, 0.2) is 233 Å². The van der Waals surface area contributed by atoms with Gasteiger partial charge in [-0.3, -0.25) is 0 Å². The minimum Gasteiger partial charge on any atom is -0.455 e. The third-order valence-electron chi connectivity index (χ3n) is 12.9. The molecule has 0 amide bonds. The molecule has 0 radical (unpaired) electrons. The minimum absolute atomic E-state index is 0.858. The highest BCUT2D eigenvalue weighted by molar-refractivity contribution is 6.20. The number of hydrogen-bond acceptors (Lipinski definition) is 3. The number of nitrogens with zero attached hydrogens (tertiary/aromatic N) is 1. The van der Waals surface area contributed by atoms with Crippen LogP contribution in [0.3, 0.4) is 0 Å². The Morgan fingerprint density at radius 1 is 0.286 bits per heavy atom. The van der Waals surface area contributed by atoms with E-state index in [0.717, 1.165) is 94.3 Å². The molecule has 0 bridgehead atoms. The average Bonchev–Trinajstić information content (AvgIpc) is 3.94. The highest BCUT2D eigenvalue weighted by Crippen LogP contribution is 2.48. The second-order valence-corrected chi connectivity index (χ2v) is 16.4. The molecule has 0 aliphatic carbocycles. The molecule has 0 saturated heterocycles. The minimum atomic E-state index is 0.858. The number of anilines is 3. The zero-order valence-corrected chi connectivity index (χ0v) is 34.1. The number of rotatable bonds is 6. The predicted octanol–water partition coefficient (Wildman–Crippen LogP) is 17.4. The van der Waals surface area contributed by atoms with Crippen molar-refractivity contribution in [3.05, 3.63) is 224 Å². The summed E-state index contributed by atoms with van der Waals surface area (Å²) in [5, 5.41) is 11.6. The molecule has 13 aromatic rings. The first-order chi connectivity index (χ1) is 31.2. The van der Waals surface area contributed by atoms with Crippen LogP contribution < -0.4 is 4.90 Å². The fraction of sp³-hybridized carbons (Fsp3) is 0. The Hall–Kier alpha value is -8.40. The van der Waals surface area contributed by atoms with Gasteiger partial charge in [0.25, 0.3) is 0 Å². The summed E-state index contributed by atoms with van der Waals surface area (Å²) in [7, 11) is 0. The van der Waals surface area contributed by atoms with Gasteiger partial charge in [0.15, 0.2) is 0 Å². The van der Waals surface area contributed by atoms with Gasteiger partial charge in [-0.25, -0.2) is 0 Å². The second-order valence-electron chi connectivity index (χ2n) is 16.4. The lowest BCUT2D eigenvalue weighted by atomic mass is 9.94. The van der Waals surface area contributed by atoms with Gasteiger partial charge >= 0.3 is 0 Å². The first kappa shape index (κ1) is 35.4. The molecule has 0 saturated carbocycles. The molecule has 0 unspecified atom stereocenters. The number of benzene rings is 11. The monoisotopic (exact) mass is 803 g/mol. The van der Waals surface area contributed by atoms with Crippen LogP contribution in [0.2, 0.25) is 0 Å². The van der Waals surface area contributed by atoms with Gasteiger partial charge < -0.3 is 13.7 Å². The van der Waals surface area contributed by atoms with Crippen molar-refractivity contribution in [3.63, 3.8) is 0 Å². The molecule has 63 heavy (non-hydrogen) atoms. The number of fused-ring (bicyclic) bond motifs is 10. The molecule has 11 aromatic carbocycles. The fourth-order valence-corrected chi connectivity index (χ4v) is 9.93. The molecule has 3 nitrogen and oxygen atoms in total. The van der Waals surface area contributed by atoms with Crippen molar-refractivity contribution < 1.29 is 8.83 Å². The van der Waals surface area contributed by atoms with Crippen LogP contribution in [-0.2, 0) is 0 Å². The average molecular weight is 804 g/mol. The number of hydrogen-bond donors (Lipinski definition) is 0. The van der Waals surface area contributed by atoms with E-state index >= 15 is 0 Å². The van der Waals surface area contributed by atoms with Crippen LogP contribution in [-0.4, -0.2) is 0 Å².